The summed E-state index contributed by atoms with van der Waals surface area (Å²) in [5.74, 6) is -0.365. The zero-order valence-electron chi connectivity index (χ0n) is 16.4. The second-order valence-electron chi connectivity index (χ2n) is 7.59. The number of nitrogens with one attached hydrogen (secondary N) is 1. The Morgan fingerprint density at radius 1 is 1.13 bits per heavy atom. The molecule has 0 saturated heterocycles. The first kappa shape index (κ1) is 21.4. The summed E-state index contributed by atoms with van der Waals surface area (Å²) >= 11 is 1.07. The largest absolute Gasteiger partial charge is 0.416 e. The van der Waals surface area contributed by atoms with Crippen molar-refractivity contribution in [3.8, 4) is 5.69 Å². The third kappa shape index (κ3) is 4.30. The van der Waals surface area contributed by atoms with E-state index in [1.807, 2.05) is 0 Å². The van der Waals surface area contributed by atoms with Crippen LogP contribution >= 0.6 is 11.3 Å². The SMILES string of the molecule is O=C(Cn1c(=O)n(-c2cccc(C(F)(F)F)c2)c(=O)c2sccc21)NC1CCCCC1. The fraction of sp³-hybridized carbons (Fsp3) is 0.381. The van der Waals surface area contributed by atoms with Crippen molar-refractivity contribution in [1.82, 2.24) is 14.5 Å². The molecule has 0 radical (unpaired) electrons. The zero-order valence-corrected chi connectivity index (χ0v) is 17.3. The molecule has 0 unspecified atom stereocenters. The van der Waals surface area contributed by atoms with Gasteiger partial charge in [-0.2, -0.15) is 13.2 Å². The Labute approximate surface area is 178 Å². The van der Waals surface area contributed by atoms with Crippen molar-refractivity contribution < 1.29 is 18.0 Å². The van der Waals surface area contributed by atoms with Gasteiger partial charge in [-0.05, 0) is 42.5 Å². The van der Waals surface area contributed by atoms with Crippen LogP contribution in [-0.4, -0.2) is 21.1 Å². The number of halogens is 3. The van der Waals surface area contributed by atoms with E-state index < -0.39 is 23.0 Å². The highest BCUT2D eigenvalue weighted by molar-refractivity contribution is 7.17. The third-order valence-electron chi connectivity index (χ3n) is 5.46. The number of alkyl halides is 3. The molecule has 1 aliphatic rings. The number of carbonyl (C=O) groups excluding carboxylic acids is 1. The van der Waals surface area contributed by atoms with Crippen molar-refractivity contribution in [2.45, 2.75) is 50.9 Å². The second-order valence-corrected chi connectivity index (χ2v) is 8.51. The average Bonchev–Trinajstić information content (AvgIpc) is 3.22. The summed E-state index contributed by atoms with van der Waals surface area (Å²) in [4.78, 5) is 38.7. The number of hydrogen-bond acceptors (Lipinski definition) is 4. The molecule has 31 heavy (non-hydrogen) atoms. The van der Waals surface area contributed by atoms with E-state index in [9.17, 15) is 27.6 Å². The van der Waals surface area contributed by atoms with E-state index in [2.05, 4.69) is 5.32 Å². The van der Waals surface area contributed by atoms with Gasteiger partial charge in [0.05, 0.1) is 16.8 Å². The van der Waals surface area contributed by atoms with Gasteiger partial charge in [-0.15, -0.1) is 11.3 Å². The molecule has 0 spiro atoms. The number of nitrogens with zero attached hydrogens (tertiary/aromatic N) is 2. The number of carbonyl (C=O) groups is 1. The predicted molar refractivity (Wildman–Crippen MR) is 112 cm³/mol. The minimum atomic E-state index is -4.62. The lowest BCUT2D eigenvalue weighted by Gasteiger charge is -2.23. The Balaban J connectivity index is 1.77. The molecule has 1 aromatic carbocycles. The van der Waals surface area contributed by atoms with Crippen LogP contribution < -0.4 is 16.6 Å². The predicted octanol–water partition coefficient (Wildman–Crippen LogP) is 3.68. The highest BCUT2D eigenvalue weighted by Gasteiger charge is 2.31. The van der Waals surface area contributed by atoms with Gasteiger partial charge in [0.2, 0.25) is 5.91 Å². The van der Waals surface area contributed by atoms with Crippen molar-refractivity contribution in [2.24, 2.45) is 0 Å². The van der Waals surface area contributed by atoms with Gasteiger partial charge in [0.15, 0.2) is 0 Å². The van der Waals surface area contributed by atoms with Crippen molar-refractivity contribution in [2.75, 3.05) is 0 Å². The fourth-order valence-corrected chi connectivity index (χ4v) is 4.78. The highest BCUT2D eigenvalue weighted by Crippen LogP contribution is 2.30. The number of benzene rings is 1. The van der Waals surface area contributed by atoms with Crippen LogP contribution in [0.1, 0.15) is 37.7 Å². The van der Waals surface area contributed by atoms with E-state index in [0.717, 1.165) is 66.2 Å². The van der Waals surface area contributed by atoms with Gasteiger partial charge in [0.25, 0.3) is 5.56 Å². The zero-order chi connectivity index (χ0) is 22.2. The van der Waals surface area contributed by atoms with Crippen molar-refractivity contribution >= 4 is 27.5 Å². The normalized spacial score (nSPS) is 15.3. The molecule has 4 rings (SSSR count). The molecule has 0 atom stereocenters. The molecule has 3 aromatic rings. The van der Waals surface area contributed by atoms with Gasteiger partial charge in [-0.25, -0.2) is 9.36 Å². The Morgan fingerprint density at radius 2 is 1.87 bits per heavy atom. The van der Waals surface area contributed by atoms with Gasteiger partial charge < -0.3 is 5.32 Å². The van der Waals surface area contributed by atoms with Gasteiger partial charge in [0.1, 0.15) is 11.2 Å². The van der Waals surface area contributed by atoms with E-state index in [-0.39, 0.29) is 28.9 Å². The molecule has 2 heterocycles. The standard InChI is InChI=1S/C21H20F3N3O3S/c22-21(23,24)13-5-4-8-15(11-13)27-19(29)18-16(9-10-31-18)26(20(27)30)12-17(28)25-14-6-2-1-3-7-14/h4-5,8-11,14H,1-3,6-7,12H2,(H,25,28). The molecule has 1 saturated carbocycles. The maximum Gasteiger partial charge on any atom is 0.416 e. The van der Waals surface area contributed by atoms with Crippen molar-refractivity contribution in [1.29, 1.82) is 0 Å². The number of hydrogen-bond donors (Lipinski definition) is 1. The van der Waals surface area contributed by atoms with Gasteiger partial charge in [0, 0.05) is 6.04 Å². The molecule has 1 fully saturated rings. The van der Waals surface area contributed by atoms with Crippen LogP contribution in [0.2, 0.25) is 0 Å². The topological polar surface area (TPSA) is 73.1 Å². The van der Waals surface area contributed by atoms with Gasteiger partial charge >= 0.3 is 11.9 Å². The van der Waals surface area contributed by atoms with E-state index >= 15 is 0 Å². The molecule has 10 heteroatoms. The number of fused-ring (bicyclic) bond motifs is 1. The van der Waals surface area contributed by atoms with Crippen LogP contribution in [0.5, 0.6) is 0 Å². The number of rotatable bonds is 4. The van der Waals surface area contributed by atoms with Crippen LogP contribution in [0.25, 0.3) is 15.9 Å². The lowest BCUT2D eigenvalue weighted by Crippen LogP contribution is -2.43. The molecule has 2 aromatic heterocycles. The van der Waals surface area contributed by atoms with Crippen LogP contribution in [0, 0.1) is 0 Å². The van der Waals surface area contributed by atoms with Crippen molar-refractivity contribution in [3.63, 3.8) is 0 Å². The summed E-state index contributed by atoms with van der Waals surface area (Å²) in [5.41, 5.74) is -2.43. The summed E-state index contributed by atoms with van der Waals surface area (Å²) in [6.45, 7) is -0.318. The summed E-state index contributed by atoms with van der Waals surface area (Å²) in [6.07, 6.45) is 0.311. The van der Waals surface area contributed by atoms with E-state index in [1.165, 1.54) is 6.07 Å². The minimum absolute atomic E-state index is 0.0456. The lowest BCUT2D eigenvalue weighted by atomic mass is 9.95. The Hall–Kier alpha value is -2.88. The average molecular weight is 451 g/mol. The molecule has 1 N–H and O–H groups in total. The molecule has 6 nitrogen and oxygen atoms in total. The molecule has 164 valence electrons. The monoisotopic (exact) mass is 451 g/mol. The van der Waals surface area contributed by atoms with E-state index in [1.54, 1.807) is 11.4 Å². The van der Waals surface area contributed by atoms with Crippen LogP contribution in [0.4, 0.5) is 13.2 Å². The van der Waals surface area contributed by atoms with E-state index in [0.29, 0.717) is 10.1 Å². The second kappa shape index (κ2) is 8.33. The molecule has 1 aliphatic carbocycles. The van der Waals surface area contributed by atoms with Crippen LogP contribution in [0.3, 0.4) is 0 Å². The maximum atomic E-state index is 13.2. The van der Waals surface area contributed by atoms with Gasteiger partial charge in [-0.3, -0.25) is 14.2 Å². The summed E-state index contributed by atoms with van der Waals surface area (Å²) in [6, 6.07) is 5.65. The number of aromatic nitrogens is 2. The lowest BCUT2D eigenvalue weighted by molar-refractivity contribution is -0.137. The quantitative estimate of drug-likeness (QED) is 0.658. The molecule has 0 bridgehead atoms. The third-order valence-corrected chi connectivity index (χ3v) is 6.35. The Kier molecular flexibility index (Phi) is 5.74. The molecule has 1 amide bonds. The highest BCUT2D eigenvalue weighted by atomic mass is 32.1. The minimum Gasteiger partial charge on any atom is -0.352 e. The fourth-order valence-electron chi connectivity index (χ4n) is 3.95. The van der Waals surface area contributed by atoms with Crippen LogP contribution in [-0.2, 0) is 17.5 Å². The van der Waals surface area contributed by atoms with Gasteiger partial charge in [-0.1, -0.05) is 25.3 Å². The summed E-state index contributed by atoms with van der Waals surface area (Å²) in [7, 11) is 0. The maximum absolute atomic E-state index is 13.2. The smallest absolute Gasteiger partial charge is 0.352 e. The number of amides is 1. The van der Waals surface area contributed by atoms with Crippen molar-refractivity contribution in [3.05, 3.63) is 62.1 Å². The molecule has 0 aliphatic heterocycles. The first-order chi connectivity index (χ1) is 14.8. The first-order valence-electron chi connectivity index (χ1n) is 9.96. The Morgan fingerprint density at radius 3 is 2.58 bits per heavy atom. The molecular weight excluding hydrogens is 431 g/mol. The molecular formula is C21H20F3N3O3S. The first-order valence-corrected chi connectivity index (χ1v) is 10.8. The summed E-state index contributed by atoms with van der Waals surface area (Å²) in [5, 5.41) is 4.53. The van der Waals surface area contributed by atoms with E-state index in [4.69, 9.17) is 0 Å². The van der Waals surface area contributed by atoms with Crippen LogP contribution in [0.15, 0.2) is 45.3 Å². The number of thiophene rings is 1. The summed E-state index contributed by atoms with van der Waals surface area (Å²) < 4.78 is 41.5. The Bertz CT molecular complexity index is 1240.